The number of nitrogens with one attached hydrogen (secondary N) is 1. The quantitative estimate of drug-likeness (QED) is 0.715. The Kier molecular flexibility index (Phi) is 5.22. The van der Waals surface area contributed by atoms with Crippen LogP contribution in [0.15, 0.2) is 36.4 Å². The van der Waals surface area contributed by atoms with Gasteiger partial charge in [0.15, 0.2) is 11.0 Å². The Bertz CT molecular complexity index is 969. The highest BCUT2D eigenvalue weighted by atomic mass is 35.5. The molecule has 7 heteroatoms. The Morgan fingerprint density at radius 2 is 1.96 bits per heavy atom. The Balaban J connectivity index is 1.78. The normalized spacial score (nSPS) is 10.5. The van der Waals surface area contributed by atoms with E-state index >= 15 is 0 Å². The maximum absolute atomic E-state index is 9.09. The fourth-order valence-electron chi connectivity index (χ4n) is 2.51. The first-order valence-corrected chi connectivity index (χ1v) is 8.30. The van der Waals surface area contributed by atoms with Crippen molar-refractivity contribution in [1.29, 1.82) is 5.26 Å². The molecule has 0 atom stereocenters. The van der Waals surface area contributed by atoms with Crippen LogP contribution in [0.4, 0.5) is 5.82 Å². The molecule has 0 aliphatic heterocycles. The highest BCUT2D eigenvalue weighted by Crippen LogP contribution is 2.27. The largest absolute Gasteiger partial charge is 0.495 e. The average molecular weight is 373 g/mol. The van der Waals surface area contributed by atoms with Gasteiger partial charge in [0.05, 0.1) is 23.8 Å². The van der Waals surface area contributed by atoms with Gasteiger partial charge in [-0.3, -0.25) is 0 Å². The minimum absolute atomic E-state index is 0.312. The van der Waals surface area contributed by atoms with Gasteiger partial charge in [-0.25, -0.2) is 0 Å². The van der Waals surface area contributed by atoms with E-state index in [1.807, 2.05) is 18.2 Å². The van der Waals surface area contributed by atoms with E-state index in [-0.39, 0.29) is 0 Å². The number of benzene rings is 2. The lowest BCUT2D eigenvalue weighted by Gasteiger charge is -2.10. The van der Waals surface area contributed by atoms with Crippen molar-refractivity contribution < 1.29 is 4.74 Å². The molecule has 2 aromatic carbocycles. The summed E-state index contributed by atoms with van der Waals surface area (Å²) in [4.78, 5) is 0. The standard InChI is InChI=1S/C18H14Cl2N4O/c1-25-16-5-3-11(9-15(16)19)6-7-22-18-14-8-12(10-21)2-4-13(14)17(20)23-24-18/h2-5,8-9H,6-7H2,1H3,(H,22,24). The van der Waals surface area contributed by atoms with Crippen LogP contribution in [0, 0.1) is 11.3 Å². The van der Waals surface area contributed by atoms with Crippen molar-refractivity contribution in [1.82, 2.24) is 10.2 Å². The average Bonchev–Trinajstić information content (AvgIpc) is 2.63. The van der Waals surface area contributed by atoms with Crippen molar-refractivity contribution in [2.24, 2.45) is 0 Å². The number of methoxy groups -OCH3 is 1. The number of hydrogen-bond donors (Lipinski definition) is 1. The zero-order valence-corrected chi connectivity index (χ0v) is 14.9. The Labute approximate surface area is 155 Å². The fraction of sp³-hybridized carbons (Fsp3) is 0.167. The van der Waals surface area contributed by atoms with E-state index in [1.165, 1.54) is 0 Å². The first-order valence-electron chi connectivity index (χ1n) is 7.54. The van der Waals surface area contributed by atoms with Crippen LogP contribution in [-0.2, 0) is 6.42 Å². The lowest BCUT2D eigenvalue weighted by Crippen LogP contribution is -2.08. The fourth-order valence-corrected chi connectivity index (χ4v) is 3.00. The molecule has 0 aliphatic carbocycles. The molecule has 5 nitrogen and oxygen atoms in total. The first-order chi connectivity index (χ1) is 12.1. The molecule has 0 unspecified atom stereocenters. The van der Waals surface area contributed by atoms with Crippen molar-refractivity contribution in [2.45, 2.75) is 6.42 Å². The number of anilines is 1. The van der Waals surface area contributed by atoms with Gasteiger partial charge in [-0.1, -0.05) is 29.3 Å². The van der Waals surface area contributed by atoms with E-state index in [2.05, 4.69) is 21.6 Å². The van der Waals surface area contributed by atoms with E-state index in [9.17, 15) is 0 Å². The van der Waals surface area contributed by atoms with Crippen LogP contribution in [0.25, 0.3) is 10.8 Å². The monoisotopic (exact) mass is 372 g/mol. The molecule has 1 N–H and O–H groups in total. The lowest BCUT2D eigenvalue weighted by atomic mass is 10.1. The predicted octanol–water partition coefficient (Wildman–Crippen LogP) is 4.47. The van der Waals surface area contributed by atoms with Gasteiger partial charge in [-0.15, -0.1) is 10.2 Å². The van der Waals surface area contributed by atoms with Crippen molar-refractivity contribution >= 4 is 39.8 Å². The summed E-state index contributed by atoms with van der Waals surface area (Å²) in [5, 5.41) is 22.8. The molecule has 0 radical (unpaired) electrons. The number of rotatable bonds is 5. The van der Waals surface area contributed by atoms with Crippen molar-refractivity contribution in [3.63, 3.8) is 0 Å². The SMILES string of the molecule is COc1ccc(CCNc2nnc(Cl)c3ccc(C#N)cc23)cc1Cl. The Hall–Kier alpha value is -2.55. The molecular weight excluding hydrogens is 359 g/mol. The molecule has 0 bridgehead atoms. The van der Waals surface area contributed by atoms with E-state index in [0.29, 0.717) is 33.9 Å². The minimum atomic E-state index is 0.312. The number of nitriles is 1. The smallest absolute Gasteiger partial charge is 0.159 e. The summed E-state index contributed by atoms with van der Waals surface area (Å²) < 4.78 is 5.15. The number of fused-ring (bicyclic) bond motifs is 1. The number of ether oxygens (including phenoxy) is 1. The van der Waals surface area contributed by atoms with E-state index in [0.717, 1.165) is 22.8 Å². The number of nitrogens with zero attached hydrogens (tertiary/aromatic N) is 3. The summed E-state index contributed by atoms with van der Waals surface area (Å²) >= 11 is 12.2. The highest BCUT2D eigenvalue weighted by molar-refractivity contribution is 6.34. The first kappa shape index (κ1) is 17.3. The molecule has 1 aromatic heterocycles. The number of hydrogen-bond acceptors (Lipinski definition) is 5. The molecule has 0 fully saturated rings. The molecule has 0 saturated heterocycles. The molecule has 126 valence electrons. The third-order valence-electron chi connectivity index (χ3n) is 3.79. The summed E-state index contributed by atoms with van der Waals surface area (Å²) in [6, 6.07) is 13.0. The summed E-state index contributed by atoms with van der Waals surface area (Å²) in [5.41, 5.74) is 1.61. The van der Waals surface area contributed by atoms with Gasteiger partial charge >= 0.3 is 0 Å². The van der Waals surface area contributed by atoms with Gasteiger partial charge in [0.25, 0.3) is 0 Å². The number of halogens is 2. The molecule has 0 spiro atoms. The van der Waals surface area contributed by atoms with Gasteiger partial charge in [-0.2, -0.15) is 5.26 Å². The van der Waals surface area contributed by atoms with E-state index in [4.69, 9.17) is 33.2 Å². The molecule has 25 heavy (non-hydrogen) atoms. The zero-order chi connectivity index (χ0) is 17.8. The van der Waals surface area contributed by atoms with Crippen molar-refractivity contribution in [3.05, 3.63) is 57.7 Å². The van der Waals surface area contributed by atoms with Gasteiger partial charge in [0, 0.05) is 17.3 Å². The molecular formula is C18H14Cl2N4O. The highest BCUT2D eigenvalue weighted by Gasteiger charge is 2.09. The van der Waals surface area contributed by atoms with Crippen molar-refractivity contribution in [2.75, 3.05) is 19.0 Å². The van der Waals surface area contributed by atoms with E-state index < -0.39 is 0 Å². The third kappa shape index (κ3) is 3.76. The van der Waals surface area contributed by atoms with Crippen molar-refractivity contribution in [3.8, 4) is 11.8 Å². The lowest BCUT2D eigenvalue weighted by molar-refractivity contribution is 0.415. The molecule has 0 amide bonds. The molecule has 3 rings (SSSR count). The maximum Gasteiger partial charge on any atom is 0.159 e. The molecule has 1 heterocycles. The topological polar surface area (TPSA) is 70.8 Å². The molecule has 0 saturated carbocycles. The van der Waals surface area contributed by atoms with Gasteiger partial charge in [0.1, 0.15) is 5.75 Å². The van der Waals surface area contributed by atoms with Gasteiger partial charge in [-0.05, 0) is 42.3 Å². The third-order valence-corrected chi connectivity index (χ3v) is 4.36. The summed E-state index contributed by atoms with van der Waals surface area (Å²) in [6.45, 7) is 0.630. The van der Waals surface area contributed by atoms with Crippen LogP contribution in [0.3, 0.4) is 0 Å². The maximum atomic E-state index is 9.09. The van der Waals surface area contributed by atoms with Gasteiger partial charge in [0.2, 0.25) is 0 Å². The number of aromatic nitrogens is 2. The van der Waals surface area contributed by atoms with Crippen LogP contribution < -0.4 is 10.1 Å². The second-order valence-corrected chi connectivity index (χ2v) is 6.12. The minimum Gasteiger partial charge on any atom is -0.495 e. The van der Waals surface area contributed by atoms with Crippen LogP contribution in [-0.4, -0.2) is 23.9 Å². The predicted molar refractivity (Wildman–Crippen MR) is 99.5 cm³/mol. The van der Waals surface area contributed by atoms with Crippen LogP contribution in [0.1, 0.15) is 11.1 Å². The zero-order valence-electron chi connectivity index (χ0n) is 13.4. The summed E-state index contributed by atoms with van der Waals surface area (Å²) in [5.74, 6) is 1.24. The van der Waals surface area contributed by atoms with Crippen LogP contribution in [0.2, 0.25) is 10.2 Å². The van der Waals surface area contributed by atoms with Crippen LogP contribution in [0.5, 0.6) is 5.75 Å². The molecule has 0 aliphatic rings. The molecule has 3 aromatic rings. The van der Waals surface area contributed by atoms with Crippen LogP contribution >= 0.6 is 23.2 Å². The summed E-state index contributed by atoms with van der Waals surface area (Å²) in [6.07, 6.45) is 0.744. The summed E-state index contributed by atoms with van der Waals surface area (Å²) in [7, 11) is 1.59. The Morgan fingerprint density at radius 1 is 1.12 bits per heavy atom. The second kappa shape index (κ2) is 7.56. The van der Waals surface area contributed by atoms with E-state index in [1.54, 1.807) is 25.3 Å². The second-order valence-electron chi connectivity index (χ2n) is 5.36. The Morgan fingerprint density at radius 3 is 2.68 bits per heavy atom. The van der Waals surface area contributed by atoms with Gasteiger partial charge < -0.3 is 10.1 Å².